The number of hydrogen-bond acceptors (Lipinski definition) is 4. The molecule has 0 spiro atoms. The quantitative estimate of drug-likeness (QED) is 0.199. The van der Waals surface area contributed by atoms with Crippen molar-refractivity contribution in [3.8, 4) is 0 Å². The molecule has 2 fully saturated rings. The average molecular weight is 489 g/mol. The van der Waals surface area contributed by atoms with Crippen LogP contribution in [0.3, 0.4) is 0 Å². The molecule has 4 heteroatoms. The van der Waals surface area contributed by atoms with E-state index < -0.39 is 0 Å². The Kier molecular flexibility index (Phi) is 26.0. The van der Waals surface area contributed by atoms with Gasteiger partial charge in [0.15, 0.2) is 0 Å². The van der Waals surface area contributed by atoms with Gasteiger partial charge in [-0.05, 0) is 67.2 Å². The van der Waals surface area contributed by atoms with Gasteiger partial charge in [0.05, 0.1) is 17.3 Å². The summed E-state index contributed by atoms with van der Waals surface area (Å²) in [5.74, 6) is 0. The summed E-state index contributed by atoms with van der Waals surface area (Å²) in [6.07, 6.45) is 23.6. The molecule has 0 atom stereocenters. The molecule has 0 saturated heterocycles. The lowest BCUT2D eigenvalue weighted by atomic mass is 9.98. The van der Waals surface area contributed by atoms with Gasteiger partial charge in [0.2, 0.25) is 0 Å². The van der Waals surface area contributed by atoms with Crippen LogP contribution in [0.15, 0.2) is 0 Å². The summed E-state index contributed by atoms with van der Waals surface area (Å²) >= 11 is 0. The lowest BCUT2D eigenvalue weighted by Gasteiger charge is -2.24. The standard InChI is InChI=1S/C11H22O.C8H18O2.C6H12.C5H12O/c1-2-3-7-10-12-11-8-5-4-6-9-11;1-7(2,3)9-10-8(4,5)6;1-2-4-6-5-3-1;1-2-3-4-5-6/h11H,2-10H2,1H3;1-6H3;1-6H2;6H,2-5H2,1H3. The Morgan fingerprint density at radius 3 is 1.29 bits per heavy atom. The second-order valence-electron chi connectivity index (χ2n) is 11.8. The minimum Gasteiger partial charge on any atom is -0.396 e. The van der Waals surface area contributed by atoms with E-state index in [9.17, 15) is 0 Å². The SMILES string of the molecule is C1CCCCC1.CC(C)(C)OOC(C)(C)C.CCCCCO.CCCCCOC1CCCCC1. The molecule has 2 aliphatic carbocycles. The summed E-state index contributed by atoms with van der Waals surface area (Å²) in [7, 11) is 0. The molecule has 0 aromatic rings. The van der Waals surface area contributed by atoms with Gasteiger partial charge in [-0.15, -0.1) is 0 Å². The third-order valence-electron chi connectivity index (χ3n) is 5.46. The van der Waals surface area contributed by atoms with Crippen LogP contribution < -0.4 is 0 Å². The highest BCUT2D eigenvalue weighted by Crippen LogP contribution is 2.20. The normalized spacial score (nSPS) is 16.9. The number of rotatable bonds is 9. The number of aliphatic hydroxyl groups is 1. The minimum atomic E-state index is -0.215. The third kappa shape index (κ3) is 34.0. The van der Waals surface area contributed by atoms with Crippen molar-refractivity contribution >= 4 is 0 Å². The summed E-state index contributed by atoms with van der Waals surface area (Å²) in [4.78, 5) is 10.2. The van der Waals surface area contributed by atoms with Crippen LogP contribution in [0, 0.1) is 0 Å². The second kappa shape index (κ2) is 24.5. The van der Waals surface area contributed by atoms with Crippen LogP contribution in [0.1, 0.15) is 165 Å². The van der Waals surface area contributed by atoms with Crippen LogP contribution in [-0.4, -0.2) is 35.6 Å². The molecule has 34 heavy (non-hydrogen) atoms. The number of aliphatic hydroxyl groups excluding tert-OH is 1. The Hall–Kier alpha value is -0.160. The maximum Gasteiger partial charge on any atom is 0.0952 e. The van der Waals surface area contributed by atoms with Crippen molar-refractivity contribution in [3.05, 3.63) is 0 Å². The zero-order chi connectivity index (χ0) is 26.1. The predicted molar refractivity (Wildman–Crippen MR) is 148 cm³/mol. The third-order valence-corrected chi connectivity index (χ3v) is 5.46. The van der Waals surface area contributed by atoms with E-state index in [1.807, 2.05) is 41.5 Å². The maximum absolute atomic E-state index is 8.20. The molecule has 0 heterocycles. The number of unbranched alkanes of at least 4 members (excludes halogenated alkanes) is 4. The van der Waals surface area contributed by atoms with Gasteiger partial charge in [0.25, 0.3) is 0 Å². The van der Waals surface area contributed by atoms with Crippen molar-refractivity contribution in [3.63, 3.8) is 0 Å². The molecular formula is C30H64O4. The second-order valence-corrected chi connectivity index (χ2v) is 11.8. The number of ether oxygens (including phenoxy) is 1. The topological polar surface area (TPSA) is 47.9 Å². The first-order valence-electron chi connectivity index (χ1n) is 14.6. The summed E-state index contributed by atoms with van der Waals surface area (Å²) in [5, 5.41) is 8.20. The van der Waals surface area contributed by atoms with Crippen molar-refractivity contribution in [2.75, 3.05) is 13.2 Å². The summed E-state index contributed by atoms with van der Waals surface area (Å²) < 4.78 is 5.78. The Bertz CT molecular complexity index is 345. The first-order chi connectivity index (χ1) is 16.1. The molecule has 2 aliphatic rings. The monoisotopic (exact) mass is 488 g/mol. The fourth-order valence-electron chi connectivity index (χ4n) is 3.51. The summed E-state index contributed by atoms with van der Waals surface area (Å²) in [6.45, 7) is 17.5. The van der Waals surface area contributed by atoms with E-state index in [2.05, 4.69) is 13.8 Å². The van der Waals surface area contributed by atoms with E-state index >= 15 is 0 Å². The Morgan fingerprint density at radius 1 is 0.588 bits per heavy atom. The highest BCUT2D eigenvalue weighted by Gasteiger charge is 2.18. The van der Waals surface area contributed by atoms with E-state index in [4.69, 9.17) is 19.6 Å². The molecule has 208 valence electrons. The first-order valence-corrected chi connectivity index (χ1v) is 14.6. The molecule has 4 nitrogen and oxygen atoms in total. The highest BCUT2D eigenvalue weighted by molar-refractivity contribution is 4.64. The van der Waals surface area contributed by atoms with E-state index in [1.54, 1.807) is 0 Å². The molecule has 2 rings (SSSR count). The minimum absolute atomic E-state index is 0.215. The smallest absolute Gasteiger partial charge is 0.0952 e. The fraction of sp³-hybridized carbons (Fsp3) is 1.00. The van der Waals surface area contributed by atoms with Gasteiger partial charge in [0.1, 0.15) is 0 Å². The van der Waals surface area contributed by atoms with Crippen LogP contribution in [0.4, 0.5) is 0 Å². The zero-order valence-electron chi connectivity index (χ0n) is 24.7. The molecule has 0 unspecified atom stereocenters. The average Bonchev–Trinajstić information content (AvgIpc) is 2.81. The lowest BCUT2D eigenvalue weighted by molar-refractivity contribution is -0.393. The Morgan fingerprint density at radius 2 is 0.971 bits per heavy atom. The molecule has 0 bridgehead atoms. The molecule has 0 aromatic heterocycles. The zero-order valence-corrected chi connectivity index (χ0v) is 24.7. The fourth-order valence-corrected chi connectivity index (χ4v) is 3.51. The van der Waals surface area contributed by atoms with Gasteiger partial charge in [-0.1, -0.05) is 97.3 Å². The molecular weight excluding hydrogens is 424 g/mol. The highest BCUT2D eigenvalue weighted by atomic mass is 17.2. The van der Waals surface area contributed by atoms with Gasteiger partial charge in [0, 0.05) is 13.2 Å². The van der Waals surface area contributed by atoms with Crippen LogP contribution in [-0.2, 0) is 14.5 Å². The van der Waals surface area contributed by atoms with E-state index in [-0.39, 0.29) is 11.2 Å². The van der Waals surface area contributed by atoms with Gasteiger partial charge >= 0.3 is 0 Å². The molecule has 0 radical (unpaired) electrons. The predicted octanol–water partition coefficient (Wildman–Crippen LogP) is 9.57. The van der Waals surface area contributed by atoms with E-state index in [1.165, 1.54) is 96.3 Å². The van der Waals surface area contributed by atoms with Crippen LogP contribution in [0.2, 0.25) is 0 Å². The van der Waals surface area contributed by atoms with E-state index in [0.29, 0.717) is 12.7 Å². The first kappa shape index (κ1) is 36.0. The molecule has 2 saturated carbocycles. The van der Waals surface area contributed by atoms with Crippen LogP contribution in [0.25, 0.3) is 0 Å². The van der Waals surface area contributed by atoms with Crippen LogP contribution in [0.5, 0.6) is 0 Å². The molecule has 0 aliphatic heterocycles. The van der Waals surface area contributed by atoms with Gasteiger partial charge in [-0.25, -0.2) is 9.78 Å². The Balaban J connectivity index is 0. The summed E-state index contributed by atoms with van der Waals surface area (Å²) in [5.41, 5.74) is -0.430. The largest absolute Gasteiger partial charge is 0.396 e. The maximum atomic E-state index is 8.20. The molecule has 0 amide bonds. The molecule has 0 aromatic carbocycles. The van der Waals surface area contributed by atoms with Crippen molar-refractivity contribution in [2.45, 2.75) is 182 Å². The summed E-state index contributed by atoms with van der Waals surface area (Å²) in [6, 6.07) is 0. The van der Waals surface area contributed by atoms with Crippen molar-refractivity contribution in [2.24, 2.45) is 0 Å². The Labute approximate surface area is 214 Å². The van der Waals surface area contributed by atoms with Gasteiger partial charge in [-0.2, -0.15) is 0 Å². The van der Waals surface area contributed by atoms with Gasteiger partial charge in [-0.3, -0.25) is 0 Å². The number of hydrogen-bond donors (Lipinski definition) is 1. The molecule has 1 N–H and O–H groups in total. The lowest BCUT2D eigenvalue weighted by Crippen LogP contribution is -2.27. The van der Waals surface area contributed by atoms with E-state index in [0.717, 1.165) is 19.4 Å². The van der Waals surface area contributed by atoms with Crippen molar-refractivity contribution in [1.29, 1.82) is 0 Å². The van der Waals surface area contributed by atoms with Crippen molar-refractivity contribution < 1.29 is 19.6 Å². The van der Waals surface area contributed by atoms with Gasteiger partial charge < -0.3 is 9.84 Å². The van der Waals surface area contributed by atoms with Crippen molar-refractivity contribution in [1.82, 2.24) is 0 Å². The van der Waals surface area contributed by atoms with Crippen LogP contribution >= 0.6 is 0 Å².